The highest BCUT2D eigenvalue weighted by atomic mass is 35.5. The lowest BCUT2D eigenvalue weighted by atomic mass is 10.3. The highest BCUT2D eigenvalue weighted by molar-refractivity contribution is 6.30. The average molecular weight is 308 g/mol. The van der Waals surface area contributed by atoms with Crippen LogP contribution in [-0.4, -0.2) is 22.2 Å². The Morgan fingerprint density at radius 1 is 1.43 bits per heavy atom. The van der Waals surface area contributed by atoms with E-state index in [4.69, 9.17) is 16.3 Å². The van der Waals surface area contributed by atoms with Crippen LogP contribution in [0.3, 0.4) is 0 Å². The van der Waals surface area contributed by atoms with Gasteiger partial charge in [-0.05, 0) is 30.7 Å². The number of unbranched alkanes of at least 4 members (excludes halogenated alkanes) is 1. The zero-order valence-electron chi connectivity index (χ0n) is 11.9. The lowest BCUT2D eigenvalue weighted by Crippen LogP contribution is -2.25. The van der Waals surface area contributed by atoms with Crippen LogP contribution in [0.5, 0.6) is 5.75 Å². The molecule has 0 aliphatic heterocycles. The fraction of sp³-hybridized carbons (Fsp3) is 0.333. The molecule has 0 unspecified atom stereocenters. The van der Waals surface area contributed by atoms with Gasteiger partial charge in [0.05, 0.1) is 0 Å². The number of benzene rings is 1. The topological polar surface area (TPSA) is 56.2 Å². The zero-order chi connectivity index (χ0) is 15.1. The number of carbonyl (C=O) groups is 1. The van der Waals surface area contributed by atoms with Gasteiger partial charge in [-0.25, -0.2) is 4.68 Å². The van der Waals surface area contributed by atoms with Crippen molar-refractivity contribution >= 4 is 17.5 Å². The van der Waals surface area contributed by atoms with Crippen LogP contribution < -0.4 is 10.1 Å². The third-order valence-electron chi connectivity index (χ3n) is 2.85. The van der Waals surface area contributed by atoms with Crippen molar-refractivity contribution in [3.8, 4) is 5.75 Å². The third-order valence-corrected chi connectivity index (χ3v) is 3.08. The molecular weight excluding hydrogens is 290 g/mol. The Morgan fingerprint density at radius 3 is 3.05 bits per heavy atom. The predicted octanol–water partition coefficient (Wildman–Crippen LogP) is 3.10. The van der Waals surface area contributed by atoms with Crippen LogP contribution in [0.15, 0.2) is 36.5 Å². The number of rotatable bonds is 7. The minimum Gasteiger partial charge on any atom is -0.471 e. The first-order chi connectivity index (χ1) is 10.2. The van der Waals surface area contributed by atoms with Crippen molar-refractivity contribution in [2.24, 2.45) is 0 Å². The van der Waals surface area contributed by atoms with Crippen molar-refractivity contribution in [1.82, 2.24) is 15.1 Å². The minimum absolute atomic E-state index is 0.162. The van der Waals surface area contributed by atoms with Crippen molar-refractivity contribution in [3.63, 3.8) is 0 Å². The van der Waals surface area contributed by atoms with Crippen molar-refractivity contribution in [2.45, 2.75) is 26.5 Å². The maximum Gasteiger partial charge on any atom is 0.271 e. The highest BCUT2D eigenvalue weighted by Crippen LogP contribution is 2.17. The molecule has 0 aliphatic carbocycles. The highest BCUT2D eigenvalue weighted by Gasteiger charge is 2.08. The molecule has 0 saturated carbocycles. The molecule has 1 amide bonds. The van der Waals surface area contributed by atoms with E-state index in [1.54, 1.807) is 29.1 Å². The van der Waals surface area contributed by atoms with Crippen LogP contribution in [-0.2, 0) is 6.73 Å². The SMILES string of the molecule is CCCCNC(=O)c1ccn(COc2cccc(Cl)c2)n1. The number of hydrogen-bond donors (Lipinski definition) is 1. The van der Waals surface area contributed by atoms with Crippen molar-refractivity contribution in [2.75, 3.05) is 6.54 Å². The molecule has 5 nitrogen and oxygen atoms in total. The number of nitrogens with one attached hydrogen (secondary N) is 1. The van der Waals surface area contributed by atoms with Gasteiger partial charge in [0.15, 0.2) is 6.73 Å². The second kappa shape index (κ2) is 7.69. The molecule has 0 fully saturated rings. The summed E-state index contributed by atoms with van der Waals surface area (Å²) in [4.78, 5) is 11.8. The number of halogens is 1. The van der Waals surface area contributed by atoms with Crippen LogP contribution in [0.25, 0.3) is 0 Å². The molecule has 0 spiro atoms. The van der Waals surface area contributed by atoms with E-state index in [0.717, 1.165) is 12.8 Å². The summed E-state index contributed by atoms with van der Waals surface area (Å²) in [5.41, 5.74) is 0.390. The molecule has 112 valence electrons. The van der Waals surface area contributed by atoms with Crippen LogP contribution in [0.1, 0.15) is 30.3 Å². The van der Waals surface area contributed by atoms with E-state index in [-0.39, 0.29) is 12.6 Å². The molecule has 0 radical (unpaired) electrons. The second-order valence-corrected chi connectivity index (χ2v) is 5.02. The number of carbonyl (C=O) groups excluding carboxylic acids is 1. The Hall–Kier alpha value is -2.01. The fourth-order valence-corrected chi connectivity index (χ4v) is 1.90. The fourth-order valence-electron chi connectivity index (χ4n) is 1.72. The number of nitrogens with zero attached hydrogens (tertiary/aromatic N) is 2. The van der Waals surface area contributed by atoms with Crippen molar-refractivity contribution < 1.29 is 9.53 Å². The lowest BCUT2D eigenvalue weighted by molar-refractivity contribution is 0.0946. The van der Waals surface area contributed by atoms with E-state index in [2.05, 4.69) is 17.3 Å². The molecule has 1 aromatic carbocycles. The Bertz CT molecular complexity index is 598. The predicted molar refractivity (Wildman–Crippen MR) is 81.5 cm³/mol. The molecule has 1 aromatic heterocycles. The second-order valence-electron chi connectivity index (χ2n) is 4.58. The van der Waals surface area contributed by atoms with E-state index < -0.39 is 0 Å². The van der Waals surface area contributed by atoms with E-state index >= 15 is 0 Å². The number of amides is 1. The van der Waals surface area contributed by atoms with Gasteiger partial charge in [-0.15, -0.1) is 0 Å². The monoisotopic (exact) mass is 307 g/mol. The Balaban J connectivity index is 1.86. The van der Waals surface area contributed by atoms with E-state index in [1.165, 1.54) is 0 Å². The Morgan fingerprint density at radius 2 is 2.29 bits per heavy atom. The standard InChI is InChI=1S/C15H18ClN3O2/c1-2-3-8-17-15(20)14-7-9-19(18-14)11-21-13-6-4-5-12(16)10-13/h4-7,9-10H,2-3,8,11H2,1H3,(H,17,20). The van der Waals surface area contributed by atoms with Crippen molar-refractivity contribution in [3.05, 3.63) is 47.2 Å². The molecule has 0 saturated heterocycles. The average Bonchev–Trinajstić information content (AvgIpc) is 2.94. The molecule has 0 atom stereocenters. The summed E-state index contributed by atoms with van der Waals surface area (Å²) in [7, 11) is 0. The summed E-state index contributed by atoms with van der Waals surface area (Å²) < 4.78 is 7.11. The molecule has 1 heterocycles. The van der Waals surface area contributed by atoms with Gasteiger partial charge in [0, 0.05) is 17.8 Å². The first kappa shape index (κ1) is 15.4. The summed E-state index contributed by atoms with van der Waals surface area (Å²) in [6.07, 6.45) is 3.71. The van der Waals surface area contributed by atoms with Gasteiger partial charge in [0.1, 0.15) is 11.4 Å². The number of hydrogen-bond acceptors (Lipinski definition) is 3. The van der Waals surface area contributed by atoms with Gasteiger partial charge in [0.2, 0.25) is 0 Å². The summed E-state index contributed by atoms with van der Waals surface area (Å²) in [5.74, 6) is 0.497. The van der Waals surface area contributed by atoms with Crippen LogP contribution in [0, 0.1) is 0 Å². The van der Waals surface area contributed by atoms with Crippen LogP contribution >= 0.6 is 11.6 Å². The van der Waals surface area contributed by atoms with E-state index in [0.29, 0.717) is 23.0 Å². The smallest absolute Gasteiger partial charge is 0.271 e. The maximum atomic E-state index is 11.8. The maximum absolute atomic E-state index is 11.8. The zero-order valence-corrected chi connectivity index (χ0v) is 12.6. The van der Waals surface area contributed by atoms with Gasteiger partial charge in [-0.3, -0.25) is 4.79 Å². The van der Waals surface area contributed by atoms with Gasteiger partial charge < -0.3 is 10.1 Å². The summed E-state index contributed by atoms with van der Waals surface area (Å²) in [5, 5.41) is 7.61. The molecule has 1 N–H and O–H groups in total. The van der Waals surface area contributed by atoms with E-state index in [1.807, 2.05) is 12.1 Å². The molecule has 2 aromatic rings. The van der Waals surface area contributed by atoms with Crippen molar-refractivity contribution in [1.29, 1.82) is 0 Å². The number of ether oxygens (including phenoxy) is 1. The molecule has 6 heteroatoms. The lowest BCUT2D eigenvalue weighted by Gasteiger charge is -2.06. The third kappa shape index (κ3) is 4.79. The van der Waals surface area contributed by atoms with Gasteiger partial charge >= 0.3 is 0 Å². The van der Waals surface area contributed by atoms with Gasteiger partial charge in [-0.1, -0.05) is 31.0 Å². The summed E-state index contributed by atoms with van der Waals surface area (Å²) in [6, 6.07) is 8.80. The molecule has 0 bridgehead atoms. The normalized spacial score (nSPS) is 10.4. The summed E-state index contributed by atoms with van der Waals surface area (Å²) >= 11 is 5.88. The largest absolute Gasteiger partial charge is 0.471 e. The number of aromatic nitrogens is 2. The molecule has 21 heavy (non-hydrogen) atoms. The van der Waals surface area contributed by atoms with Crippen LogP contribution in [0.2, 0.25) is 5.02 Å². The first-order valence-electron chi connectivity index (χ1n) is 6.89. The molecule has 0 aliphatic rings. The quantitative estimate of drug-likeness (QED) is 0.800. The Labute approximate surface area is 128 Å². The van der Waals surface area contributed by atoms with Gasteiger partial charge in [0.25, 0.3) is 5.91 Å². The molecular formula is C15H18ClN3O2. The first-order valence-corrected chi connectivity index (χ1v) is 7.27. The Kier molecular flexibility index (Phi) is 5.63. The summed E-state index contributed by atoms with van der Waals surface area (Å²) in [6.45, 7) is 2.97. The molecule has 2 rings (SSSR count). The van der Waals surface area contributed by atoms with Gasteiger partial charge in [-0.2, -0.15) is 5.10 Å². The van der Waals surface area contributed by atoms with Crippen LogP contribution in [0.4, 0.5) is 0 Å². The minimum atomic E-state index is -0.162. The van der Waals surface area contributed by atoms with E-state index in [9.17, 15) is 4.79 Å².